The molecule has 1 fully saturated rings. The second-order valence-electron chi connectivity index (χ2n) is 3.85. The van der Waals surface area contributed by atoms with Crippen LogP contribution in [0, 0.1) is 0 Å². The summed E-state index contributed by atoms with van der Waals surface area (Å²) in [6.45, 7) is 2.16. The number of hydrogen-bond donors (Lipinski definition) is 1. The van der Waals surface area contributed by atoms with Crippen molar-refractivity contribution in [1.29, 1.82) is 0 Å². The lowest BCUT2D eigenvalue weighted by atomic mass is 10.2. The van der Waals surface area contributed by atoms with Crippen LogP contribution >= 0.6 is 0 Å². The summed E-state index contributed by atoms with van der Waals surface area (Å²) >= 11 is 0. The van der Waals surface area contributed by atoms with Crippen molar-refractivity contribution in [2.24, 2.45) is 0 Å². The Bertz CT molecular complexity index is 531. The summed E-state index contributed by atoms with van der Waals surface area (Å²) in [6.07, 6.45) is 3.17. The molecular weight excluding hydrogens is 206 g/mol. The quantitative estimate of drug-likeness (QED) is 0.798. The molecule has 3 rings (SSSR count). The van der Waals surface area contributed by atoms with Gasteiger partial charge in [0.05, 0.1) is 19.0 Å². The van der Waals surface area contributed by atoms with Gasteiger partial charge in [0, 0.05) is 19.2 Å². The second kappa shape index (κ2) is 3.26. The van der Waals surface area contributed by atoms with E-state index in [-0.39, 0.29) is 5.95 Å². The van der Waals surface area contributed by atoms with E-state index in [2.05, 4.69) is 15.0 Å². The topological polar surface area (TPSA) is 68.7 Å². The summed E-state index contributed by atoms with van der Waals surface area (Å²) < 4.78 is 6.96. The lowest BCUT2D eigenvalue weighted by molar-refractivity contribution is 0.416. The van der Waals surface area contributed by atoms with Crippen LogP contribution in [0.15, 0.2) is 12.3 Å². The number of fused-ring (bicyclic) bond motifs is 1. The molecule has 0 radical (unpaired) electrons. The molecule has 6 nitrogen and oxygen atoms in total. The van der Waals surface area contributed by atoms with Gasteiger partial charge in [-0.2, -0.15) is 4.98 Å². The fraction of sp³-hybridized carbons (Fsp3) is 0.400. The zero-order chi connectivity index (χ0) is 11.1. The fourth-order valence-corrected chi connectivity index (χ4v) is 1.86. The van der Waals surface area contributed by atoms with Gasteiger partial charge in [-0.25, -0.2) is 4.52 Å². The first kappa shape index (κ1) is 9.26. The number of rotatable bonds is 2. The van der Waals surface area contributed by atoms with E-state index in [9.17, 15) is 0 Å². The third kappa shape index (κ3) is 1.26. The van der Waals surface area contributed by atoms with Crippen molar-refractivity contribution >= 4 is 17.3 Å². The van der Waals surface area contributed by atoms with Crippen molar-refractivity contribution in [3.63, 3.8) is 0 Å². The van der Waals surface area contributed by atoms with Gasteiger partial charge >= 0.3 is 0 Å². The van der Waals surface area contributed by atoms with Gasteiger partial charge in [0.25, 0.3) is 0 Å². The minimum atomic E-state index is 0.263. The molecule has 2 aromatic heterocycles. The molecule has 2 aromatic rings. The lowest BCUT2D eigenvalue weighted by Crippen LogP contribution is -2.37. The van der Waals surface area contributed by atoms with Crippen LogP contribution in [0.3, 0.4) is 0 Å². The molecule has 1 saturated heterocycles. The first-order valence-corrected chi connectivity index (χ1v) is 5.23. The van der Waals surface area contributed by atoms with E-state index in [1.807, 2.05) is 12.3 Å². The van der Waals surface area contributed by atoms with Gasteiger partial charge in [0.15, 0.2) is 11.4 Å². The molecule has 0 spiro atoms. The molecule has 0 unspecified atom stereocenters. The highest BCUT2D eigenvalue weighted by molar-refractivity contribution is 5.63. The summed E-state index contributed by atoms with van der Waals surface area (Å²) in [5, 5.41) is 4.10. The number of ether oxygens (including phenoxy) is 1. The summed E-state index contributed by atoms with van der Waals surface area (Å²) in [4.78, 5) is 6.38. The van der Waals surface area contributed by atoms with Crippen LogP contribution in [0.1, 0.15) is 6.42 Å². The summed E-state index contributed by atoms with van der Waals surface area (Å²) in [6, 6.07) is 1.97. The van der Waals surface area contributed by atoms with Gasteiger partial charge < -0.3 is 15.4 Å². The third-order valence-electron chi connectivity index (χ3n) is 2.84. The van der Waals surface area contributed by atoms with Crippen molar-refractivity contribution in [1.82, 2.24) is 14.6 Å². The van der Waals surface area contributed by atoms with E-state index in [4.69, 9.17) is 10.5 Å². The molecule has 6 heteroatoms. The van der Waals surface area contributed by atoms with Crippen LogP contribution in [-0.2, 0) is 0 Å². The van der Waals surface area contributed by atoms with Crippen molar-refractivity contribution in [3.05, 3.63) is 12.3 Å². The SMILES string of the molecule is COc1cc(N2CCC2)cn2nc(N)nc12. The van der Waals surface area contributed by atoms with Crippen molar-refractivity contribution in [2.45, 2.75) is 6.42 Å². The number of hydrogen-bond acceptors (Lipinski definition) is 5. The molecule has 16 heavy (non-hydrogen) atoms. The Morgan fingerprint density at radius 1 is 1.44 bits per heavy atom. The van der Waals surface area contributed by atoms with Gasteiger partial charge in [-0.05, 0) is 6.42 Å². The van der Waals surface area contributed by atoms with E-state index in [0.29, 0.717) is 11.4 Å². The number of aromatic nitrogens is 3. The van der Waals surface area contributed by atoms with Crippen LogP contribution in [0.25, 0.3) is 5.65 Å². The van der Waals surface area contributed by atoms with Crippen molar-refractivity contribution in [2.75, 3.05) is 30.8 Å². The van der Waals surface area contributed by atoms with Crippen LogP contribution in [0.5, 0.6) is 5.75 Å². The maximum absolute atomic E-state index is 5.57. The number of nitrogens with zero attached hydrogens (tertiary/aromatic N) is 4. The highest BCUT2D eigenvalue weighted by Crippen LogP contribution is 2.28. The van der Waals surface area contributed by atoms with E-state index in [1.54, 1.807) is 11.6 Å². The highest BCUT2D eigenvalue weighted by atomic mass is 16.5. The largest absolute Gasteiger partial charge is 0.493 e. The van der Waals surface area contributed by atoms with Crippen LogP contribution < -0.4 is 15.4 Å². The average Bonchev–Trinajstić information content (AvgIpc) is 2.54. The number of pyridine rings is 1. The van der Waals surface area contributed by atoms with Crippen LogP contribution in [0.4, 0.5) is 11.6 Å². The molecule has 2 N–H and O–H groups in total. The number of nitrogen functional groups attached to an aromatic ring is 1. The van der Waals surface area contributed by atoms with E-state index in [1.165, 1.54) is 6.42 Å². The van der Waals surface area contributed by atoms with Crippen molar-refractivity contribution < 1.29 is 4.74 Å². The minimum absolute atomic E-state index is 0.263. The number of anilines is 2. The van der Waals surface area contributed by atoms with Gasteiger partial charge in [-0.15, -0.1) is 5.10 Å². The Morgan fingerprint density at radius 2 is 2.25 bits per heavy atom. The summed E-state index contributed by atoms with van der Waals surface area (Å²) in [7, 11) is 1.63. The molecule has 0 saturated carbocycles. The Balaban J connectivity index is 2.16. The Hall–Kier alpha value is -1.98. The zero-order valence-electron chi connectivity index (χ0n) is 9.05. The van der Waals surface area contributed by atoms with Gasteiger partial charge in [0.1, 0.15) is 0 Å². The molecule has 0 bridgehead atoms. The zero-order valence-corrected chi connectivity index (χ0v) is 9.05. The number of nitrogens with two attached hydrogens (primary N) is 1. The first-order chi connectivity index (χ1) is 7.78. The maximum atomic E-state index is 5.57. The maximum Gasteiger partial charge on any atom is 0.240 e. The number of methoxy groups -OCH3 is 1. The fourth-order valence-electron chi connectivity index (χ4n) is 1.86. The molecule has 0 aromatic carbocycles. The summed E-state index contributed by atoms with van der Waals surface area (Å²) in [5.41, 5.74) is 7.33. The summed E-state index contributed by atoms with van der Waals surface area (Å²) in [5.74, 6) is 0.965. The Labute approximate surface area is 92.6 Å². The Morgan fingerprint density at radius 3 is 2.88 bits per heavy atom. The molecular formula is C10H13N5O. The van der Waals surface area contributed by atoms with Gasteiger partial charge in [0.2, 0.25) is 5.95 Å². The molecule has 0 aliphatic carbocycles. The van der Waals surface area contributed by atoms with Crippen LogP contribution in [0.2, 0.25) is 0 Å². The molecule has 1 aliphatic heterocycles. The first-order valence-electron chi connectivity index (χ1n) is 5.23. The molecule has 1 aliphatic rings. The molecule has 3 heterocycles. The van der Waals surface area contributed by atoms with E-state index >= 15 is 0 Å². The normalized spacial score (nSPS) is 15.2. The van der Waals surface area contributed by atoms with Gasteiger partial charge in [-0.1, -0.05) is 0 Å². The molecule has 84 valence electrons. The molecule has 0 atom stereocenters. The van der Waals surface area contributed by atoms with Gasteiger partial charge in [-0.3, -0.25) is 0 Å². The predicted octanol–water partition coefficient (Wildman–Crippen LogP) is 0.530. The average molecular weight is 219 g/mol. The standard InChI is InChI=1S/C10H13N5O/c1-16-8-5-7(14-3-2-4-14)6-15-9(8)12-10(11)13-15/h5-6H,2-4H2,1H3,(H2,11,13). The van der Waals surface area contributed by atoms with Crippen molar-refractivity contribution in [3.8, 4) is 5.75 Å². The van der Waals surface area contributed by atoms with E-state index in [0.717, 1.165) is 18.8 Å². The monoisotopic (exact) mass is 219 g/mol. The second-order valence-corrected chi connectivity index (χ2v) is 3.85. The third-order valence-corrected chi connectivity index (χ3v) is 2.84. The smallest absolute Gasteiger partial charge is 0.240 e. The predicted molar refractivity (Wildman–Crippen MR) is 60.8 cm³/mol. The Kier molecular flexibility index (Phi) is 1.89. The lowest BCUT2D eigenvalue weighted by Gasteiger charge is -2.33. The molecule has 0 amide bonds. The van der Waals surface area contributed by atoms with Crippen LogP contribution in [-0.4, -0.2) is 34.8 Å². The van der Waals surface area contributed by atoms with E-state index < -0.39 is 0 Å². The minimum Gasteiger partial charge on any atom is -0.493 e. The highest BCUT2D eigenvalue weighted by Gasteiger charge is 2.17.